The van der Waals surface area contributed by atoms with E-state index >= 15 is 0 Å². The Morgan fingerprint density at radius 3 is 3.00 bits per heavy atom. The first-order valence-corrected chi connectivity index (χ1v) is 6.74. The molecule has 18 heavy (non-hydrogen) atoms. The Morgan fingerprint density at radius 1 is 1.50 bits per heavy atom. The van der Waals surface area contributed by atoms with E-state index in [1.807, 2.05) is 0 Å². The molecule has 6 heteroatoms. The number of nitrogens with one attached hydrogen (secondary N) is 2. The van der Waals surface area contributed by atoms with Gasteiger partial charge in [-0.3, -0.25) is 4.79 Å². The predicted octanol–water partition coefficient (Wildman–Crippen LogP) is 0.683. The van der Waals surface area contributed by atoms with Gasteiger partial charge in [-0.1, -0.05) is 11.6 Å². The van der Waals surface area contributed by atoms with Crippen LogP contribution in [0.25, 0.3) is 0 Å². The van der Waals surface area contributed by atoms with Crippen molar-refractivity contribution < 1.29 is 4.79 Å². The molecule has 0 aliphatic heterocycles. The summed E-state index contributed by atoms with van der Waals surface area (Å²) < 4.78 is 0. The molecule has 0 saturated heterocycles. The van der Waals surface area contributed by atoms with Crippen molar-refractivity contribution in [3.05, 3.63) is 5.82 Å². The summed E-state index contributed by atoms with van der Waals surface area (Å²) in [4.78, 5) is 11.9. The average Bonchev–Trinajstić information content (AvgIpc) is 3.04. The van der Waals surface area contributed by atoms with Crippen LogP contribution in [0.4, 0.5) is 0 Å². The van der Waals surface area contributed by atoms with Gasteiger partial charge in [0.25, 0.3) is 0 Å². The lowest BCUT2D eigenvalue weighted by Crippen LogP contribution is -2.40. The van der Waals surface area contributed by atoms with Gasteiger partial charge in [0.05, 0.1) is 6.42 Å². The van der Waals surface area contributed by atoms with E-state index in [1.165, 1.54) is 25.7 Å². The fourth-order valence-electron chi connectivity index (χ4n) is 3.72. The van der Waals surface area contributed by atoms with Crippen LogP contribution >= 0.6 is 0 Å². The monoisotopic (exact) mass is 249 g/mol. The van der Waals surface area contributed by atoms with Crippen LogP contribution in [0, 0.1) is 17.8 Å². The van der Waals surface area contributed by atoms with Crippen molar-refractivity contribution in [2.45, 2.75) is 45.1 Å². The molecule has 3 rings (SSSR count). The smallest absolute Gasteiger partial charge is 0.228 e. The summed E-state index contributed by atoms with van der Waals surface area (Å²) in [7, 11) is 0. The lowest BCUT2D eigenvalue weighted by molar-refractivity contribution is -0.121. The Morgan fingerprint density at radius 2 is 2.39 bits per heavy atom. The fraction of sp³-hybridized carbons (Fsp3) is 0.833. The van der Waals surface area contributed by atoms with Crippen molar-refractivity contribution in [2.75, 3.05) is 0 Å². The Kier molecular flexibility index (Phi) is 3.01. The number of rotatable bonds is 4. The van der Waals surface area contributed by atoms with Gasteiger partial charge in [-0.2, -0.15) is 5.21 Å². The van der Waals surface area contributed by atoms with Gasteiger partial charge in [0, 0.05) is 6.04 Å². The second-order valence-electron chi connectivity index (χ2n) is 5.70. The molecule has 2 fully saturated rings. The summed E-state index contributed by atoms with van der Waals surface area (Å²) >= 11 is 0. The van der Waals surface area contributed by atoms with E-state index in [0.29, 0.717) is 11.7 Å². The Balaban J connectivity index is 1.51. The van der Waals surface area contributed by atoms with Gasteiger partial charge in [-0.05, 0) is 43.9 Å². The van der Waals surface area contributed by atoms with Gasteiger partial charge < -0.3 is 5.32 Å². The number of carbonyl (C=O) groups excluding carboxylic acids is 1. The molecule has 2 aliphatic carbocycles. The quantitative estimate of drug-likeness (QED) is 0.822. The molecule has 1 amide bonds. The van der Waals surface area contributed by atoms with Crippen molar-refractivity contribution in [3.8, 4) is 0 Å². The van der Waals surface area contributed by atoms with Crippen LogP contribution < -0.4 is 5.32 Å². The largest absolute Gasteiger partial charge is 0.353 e. The lowest BCUT2D eigenvalue weighted by atomic mass is 9.84. The molecule has 4 atom stereocenters. The van der Waals surface area contributed by atoms with E-state index in [9.17, 15) is 4.79 Å². The van der Waals surface area contributed by atoms with Gasteiger partial charge in [0.15, 0.2) is 5.82 Å². The number of tetrazole rings is 1. The highest BCUT2D eigenvalue weighted by Crippen LogP contribution is 2.49. The number of hydrogen-bond donors (Lipinski definition) is 2. The maximum atomic E-state index is 11.9. The molecule has 2 saturated carbocycles. The van der Waals surface area contributed by atoms with Crippen LogP contribution in [0.1, 0.15) is 38.4 Å². The topological polar surface area (TPSA) is 83.6 Å². The van der Waals surface area contributed by atoms with Crippen LogP contribution in [0.2, 0.25) is 0 Å². The molecular formula is C12H19N5O. The van der Waals surface area contributed by atoms with Crippen molar-refractivity contribution in [1.82, 2.24) is 25.9 Å². The number of amides is 1. The molecular weight excluding hydrogens is 230 g/mol. The molecule has 1 heterocycles. The molecule has 0 radical (unpaired) electrons. The van der Waals surface area contributed by atoms with E-state index in [-0.39, 0.29) is 18.4 Å². The highest BCUT2D eigenvalue weighted by atomic mass is 16.1. The van der Waals surface area contributed by atoms with Gasteiger partial charge in [-0.25, -0.2) is 0 Å². The summed E-state index contributed by atoms with van der Waals surface area (Å²) in [6, 6.07) is 0.264. The zero-order valence-electron chi connectivity index (χ0n) is 10.6. The van der Waals surface area contributed by atoms with E-state index < -0.39 is 0 Å². The molecule has 4 unspecified atom stereocenters. The van der Waals surface area contributed by atoms with Gasteiger partial charge in [0.2, 0.25) is 5.91 Å². The summed E-state index contributed by atoms with van der Waals surface area (Å²) in [6.07, 6.45) is 5.61. The van der Waals surface area contributed by atoms with E-state index in [2.05, 4.69) is 32.9 Å². The van der Waals surface area contributed by atoms with Crippen LogP contribution in [-0.4, -0.2) is 32.6 Å². The molecule has 2 N–H and O–H groups in total. The highest BCUT2D eigenvalue weighted by molar-refractivity contribution is 5.77. The number of aromatic amines is 1. The van der Waals surface area contributed by atoms with Crippen LogP contribution in [0.5, 0.6) is 0 Å². The normalized spacial score (nSPS) is 31.5. The van der Waals surface area contributed by atoms with Gasteiger partial charge >= 0.3 is 0 Å². The first-order valence-electron chi connectivity index (χ1n) is 6.74. The van der Waals surface area contributed by atoms with Crippen molar-refractivity contribution in [1.29, 1.82) is 0 Å². The first kappa shape index (κ1) is 11.6. The Labute approximate surface area is 106 Å². The van der Waals surface area contributed by atoms with E-state index in [1.54, 1.807) is 0 Å². The van der Waals surface area contributed by atoms with Crippen LogP contribution in [-0.2, 0) is 11.2 Å². The second-order valence-corrected chi connectivity index (χ2v) is 5.70. The molecule has 0 spiro atoms. The van der Waals surface area contributed by atoms with E-state index in [0.717, 1.165) is 11.8 Å². The Hall–Kier alpha value is -1.46. The number of hydrogen-bond acceptors (Lipinski definition) is 4. The standard InChI is InChI=1S/C12H19N5O/c1-7(10-5-8-2-3-9(10)4-8)13-12(18)6-11-14-16-17-15-11/h7-10H,2-6H2,1H3,(H,13,18)(H,14,15,16,17). The fourth-order valence-corrected chi connectivity index (χ4v) is 3.72. The minimum atomic E-state index is -0.00771. The minimum Gasteiger partial charge on any atom is -0.353 e. The molecule has 0 aromatic carbocycles. The number of fused-ring (bicyclic) bond motifs is 2. The van der Waals surface area contributed by atoms with Crippen molar-refractivity contribution >= 4 is 5.91 Å². The van der Waals surface area contributed by atoms with Crippen molar-refractivity contribution in [3.63, 3.8) is 0 Å². The number of carbonyl (C=O) groups is 1. The number of nitrogens with zero attached hydrogens (tertiary/aromatic N) is 3. The third-order valence-electron chi connectivity index (χ3n) is 4.53. The third kappa shape index (κ3) is 2.23. The SMILES string of the molecule is CC(NC(=O)Cc1nn[nH]n1)C1CC2CCC1C2. The number of H-pyrrole nitrogens is 1. The van der Waals surface area contributed by atoms with Crippen LogP contribution in [0.15, 0.2) is 0 Å². The molecule has 2 bridgehead atoms. The average molecular weight is 249 g/mol. The summed E-state index contributed by atoms with van der Waals surface area (Å²) in [5.41, 5.74) is 0. The van der Waals surface area contributed by atoms with Crippen molar-refractivity contribution in [2.24, 2.45) is 17.8 Å². The Bertz CT molecular complexity index is 418. The lowest BCUT2D eigenvalue weighted by Gasteiger charge is -2.28. The molecule has 1 aromatic rings. The summed E-state index contributed by atoms with van der Waals surface area (Å²) in [5.74, 6) is 2.85. The maximum absolute atomic E-state index is 11.9. The maximum Gasteiger partial charge on any atom is 0.228 e. The zero-order valence-corrected chi connectivity index (χ0v) is 10.6. The van der Waals surface area contributed by atoms with Gasteiger partial charge in [-0.15, -0.1) is 10.2 Å². The summed E-state index contributed by atoms with van der Waals surface area (Å²) in [6.45, 7) is 2.12. The first-order chi connectivity index (χ1) is 8.72. The minimum absolute atomic E-state index is 0.00771. The molecule has 98 valence electrons. The second kappa shape index (κ2) is 4.66. The van der Waals surface area contributed by atoms with Gasteiger partial charge in [0.1, 0.15) is 0 Å². The van der Waals surface area contributed by atoms with Crippen LogP contribution in [0.3, 0.4) is 0 Å². The van der Waals surface area contributed by atoms with E-state index in [4.69, 9.17) is 0 Å². The summed E-state index contributed by atoms with van der Waals surface area (Å²) in [5, 5.41) is 16.5. The highest BCUT2D eigenvalue weighted by Gasteiger charge is 2.42. The third-order valence-corrected chi connectivity index (χ3v) is 4.53. The molecule has 6 nitrogen and oxygen atoms in total. The number of aromatic nitrogens is 4. The predicted molar refractivity (Wildman–Crippen MR) is 64.4 cm³/mol. The zero-order chi connectivity index (χ0) is 12.5. The molecule has 1 aromatic heterocycles. The molecule has 2 aliphatic rings.